The van der Waals surface area contributed by atoms with Crippen LogP contribution < -0.4 is 10.4 Å². The van der Waals surface area contributed by atoms with Gasteiger partial charge in [0.05, 0.1) is 0 Å². The van der Waals surface area contributed by atoms with Gasteiger partial charge in [0.25, 0.3) is 0 Å². The Morgan fingerprint density at radius 3 is 1.00 bits per heavy atom. The average molecular weight is 557 g/mol. The van der Waals surface area contributed by atoms with Crippen molar-refractivity contribution >= 4 is 42.8 Å². The van der Waals surface area contributed by atoms with Crippen molar-refractivity contribution in [1.29, 1.82) is 0 Å². The van der Waals surface area contributed by atoms with Crippen molar-refractivity contribution < 1.29 is 0 Å². The van der Waals surface area contributed by atoms with E-state index < -0.39 is 8.07 Å². The summed E-state index contributed by atoms with van der Waals surface area (Å²) >= 11 is 0. The standard InChI is InChI=1S/C40H48Si/c1-5-7-9-11-33-13-17-35(18-14-33)21-23-37-25-29-39(30-26-37)41(3,4)40-31-27-38(28-32-40)24-22-36-19-15-34(16-20-36)12-10-8-6-2/h13-32H,5-12H2,1-4H3/b23-21+,24-22+. The molecular formula is C40H48Si. The van der Waals surface area contributed by atoms with E-state index in [1.165, 1.54) is 95.1 Å². The van der Waals surface area contributed by atoms with Crippen molar-refractivity contribution in [1.82, 2.24) is 0 Å². The van der Waals surface area contributed by atoms with E-state index >= 15 is 0 Å². The molecule has 0 bridgehead atoms. The van der Waals surface area contributed by atoms with Gasteiger partial charge in [-0.2, -0.15) is 0 Å². The van der Waals surface area contributed by atoms with Crippen molar-refractivity contribution in [3.05, 3.63) is 130 Å². The van der Waals surface area contributed by atoms with E-state index in [4.69, 9.17) is 0 Å². The molecule has 0 saturated carbocycles. The number of aryl methyl sites for hydroxylation is 2. The summed E-state index contributed by atoms with van der Waals surface area (Å²) in [4.78, 5) is 0. The number of rotatable bonds is 14. The molecule has 0 aliphatic carbocycles. The number of unbranched alkanes of at least 4 members (excludes halogenated alkanes) is 4. The van der Waals surface area contributed by atoms with Gasteiger partial charge in [-0.3, -0.25) is 0 Å². The van der Waals surface area contributed by atoms with Crippen LogP contribution in [0.2, 0.25) is 13.1 Å². The molecule has 0 heterocycles. The number of hydrogen-bond acceptors (Lipinski definition) is 0. The predicted octanol–water partition coefficient (Wildman–Crippen LogP) is 10.3. The molecule has 0 aliphatic heterocycles. The first-order valence-corrected chi connectivity index (χ1v) is 18.7. The highest BCUT2D eigenvalue weighted by Crippen LogP contribution is 2.15. The highest BCUT2D eigenvalue weighted by atomic mass is 28.3. The average Bonchev–Trinajstić information content (AvgIpc) is 3.01. The Morgan fingerprint density at radius 2 is 0.707 bits per heavy atom. The first-order chi connectivity index (χ1) is 20.0. The van der Waals surface area contributed by atoms with Crippen LogP contribution in [0.1, 0.15) is 85.8 Å². The van der Waals surface area contributed by atoms with E-state index in [0.717, 1.165) is 0 Å². The quantitative estimate of drug-likeness (QED) is 0.0823. The Balaban J connectivity index is 1.34. The second-order valence-electron chi connectivity index (χ2n) is 11.9. The van der Waals surface area contributed by atoms with Crippen molar-refractivity contribution in [2.45, 2.75) is 78.3 Å². The molecule has 0 atom stereocenters. The zero-order chi connectivity index (χ0) is 28.9. The maximum atomic E-state index is 2.45. The van der Waals surface area contributed by atoms with Gasteiger partial charge in [-0.05, 0) is 59.1 Å². The highest BCUT2D eigenvalue weighted by molar-refractivity contribution is 7.00. The van der Waals surface area contributed by atoms with E-state index in [1.807, 2.05) is 0 Å². The topological polar surface area (TPSA) is 0 Å². The van der Waals surface area contributed by atoms with E-state index in [-0.39, 0.29) is 0 Å². The van der Waals surface area contributed by atoms with Crippen molar-refractivity contribution in [3.63, 3.8) is 0 Å². The van der Waals surface area contributed by atoms with Gasteiger partial charge in [-0.25, -0.2) is 0 Å². The van der Waals surface area contributed by atoms with E-state index in [0.29, 0.717) is 0 Å². The zero-order valence-corrected chi connectivity index (χ0v) is 26.7. The minimum absolute atomic E-state index is 1.19. The fourth-order valence-corrected chi connectivity index (χ4v) is 7.66. The molecule has 0 N–H and O–H groups in total. The van der Waals surface area contributed by atoms with Gasteiger partial charge in [0.1, 0.15) is 8.07 Å². The molecule has 0 saturated heterocycles. The maximum absolute atomic E-state index is 2.45. The van der Waals surface area contributed by atoms with Crippen LogP contribution in [0.4, 0.5) is 0 Å². The molecule has 0 fully saturated rings. The minimum Gasteiger partial charge on any atom is -0.0654 e. The third-order valence-electron chi connectivity index (χ3n) is 8.30. The lowest BCUT2D eigenvalue weighted by Gasteiger charge is -2.24. The van der Waals surface area contributed by atoms with E-state index in [1.54, 1.807) is 0 Å². The Hall–Kier alpha value is -3.42. The summed E-state index contributed by atoms with van der Waals surface area (Å²) < 4.78 is 0. The third kappa shape index (κ3) is 9.30. The summed E-state index contributed by atoms with van der Waals surface area (Å²) in [5.41, 5.74) is 7.91. The molecule has 0 unspecified atom stereocenters. The molecule has 1 heteroatoms. The van der Waals surface area contributed by atoms with E-state index in [2.05, 4.69) is 148 Å². The molecule has 0 amide bonds. The fourth-order valence-electron chi connectivity index (χ4n) is 5.32. The van der Waals surface area contributed by atoms with Crippen LogP contribution in [0.5, 0.6) is 0 Å². The monoisotopic (exact) mass is 556 g/mol. The molecular weight excluding hydrogens is 509 g/mol. The van der Waals surface area contributed by atoms with Crippen LogP contribution in [0.25, 0.3) is 24.3 Å². The summed E-state index contributed by atoms with van der Waals surface area (Å²) in [6.45, 7) is 9.42. The number of benzene rings is 4. The van der Waals surface area contributed by atoms with Gasteiger partial charge in [0, 0.05) is 0 Å². The van der Waals surface area contributed by atoms with Crippen molar-refractivity contribution in [3.8, 4) is 0 Å². The summed E-state index contributed by atoms with van der Waals surface area (Å²) in [7, 11) is -1.76. The molecule has 0 spiro atoms. The van der Waals surface area contributed by atoms with Gasteiger partial charge in [-0.15, -0.1) is 0 Å². The predicted molar refractivity (Wildman–Crippen MR) is 187 cm³/mol. The molecule has 4 aromatic carbocycles. The molecule has 4 aromatic rings. The third-order valence-corrected chi connectivity index (χ3v) is 11.9. The highest BCUT2D eigenvalue weighted by Gasteiger charge is 2.25. The summed E-state index contributed by atoms with van der Waals surface area (Å²) in [6, 6.07) is 36.5. The molecule has 212 valence electrons. The summed E-state index contributed by atoms with van der Waals surface area (Å²) in [5.74, 6) is 0. The molecule has 41 heavy (non-hydrogen) atoms. The van der Waals surface area contributed by atoms with Gasteiger partial charge >= 0.3 is 0 Å². The second-order valence-corrected chi connectivity index (χ2v) is 16.3. The Bertz CT molecular complexity index is 1260. The number of hydrogen-bond donors (Lipinski definition) is 0. The van der Waals surface area contributed by atoms with Gasteiger partial charge in [-0.1, -0.05) is 184 Å². The van der Waals surface area contributed by atoms with Gasteiger partial charge < -0.3 is 0 Å². The first-order valence-electron chi connectivity index (χ1n) is 15.7. The Labute approximate surface area is 250 Å². The SMILES string of the molecule is CCCCCc1ccc(/C=C/c2ccc([Si](C)(C)c3ccc(/C=C/c4ccc(CCCCC)cc4)cc3)cc2)cc1. The van der Waals surface area contributed by atoms with Crippen LogP contribution in [-0.2, 0) is 12.8 Å². The largest absolute Gasteiger partial charge is 0.112 e. The lowest BCUT2D eigenvalue weighted by Crippen LogP contribution is -2.52. The van der Waals surface area contributed by atoms with Crippen LogP contribution in [0.3, 0.4) is 0 Å². The zero-order valence-electron chi connectivity index (χ0n) is 25.7. The van der Waals surface area contributed by atoms with Crippen LogP contribution in [-0.4, -0.2) is 8.07 Å². The summed E-state index contributed by atoms with van der Waals surface area (Å²) in [6.07, 6.45) is 19.0. The molecule has 0 nitrogen and oxygen atoms in total. The lowest BCUT2D eigenvalue weighted by molar-refractivity contribution is 0.717. The molecule has 0 aliphatic rings. The van der Waals surface area contributed by atoms with Crippen molar-refractivity contribution in [2.24, 2.45) is 0 Å². The Morgan fingerprint density at radius 1 is 0.415 bits per heavy atom. The maximum Gasteiger partial charge on any atom is 0.112 e. The molecule has 0 radical (unpaired) electrons. The van der Waals surface area contributed by atoms with Crippen LogP contribution >= 0.6 is 0 Å². The Kier molecular flexibility index (Phi) is 11.6. The van der Waals surface area contributed by atoms with Gasteiger partial charge in [0.2, 0.25) is 0 Å². The smallest absolute Gasteiger partial charge is 0.0654 e. The van der Waals surface area contributed by atoms with Gasteiger partial charge in [0.15, 0.2) is 0 Å². The first kappa shape index (κ1) is 30.5. The lowest BCUT2D eigenvalue weighted by atomic mass is 10.0. The van der Waals surface area contributed by atoms with Crippen LogP contribution in [0.15, 0.2) is 97.1 Å². The molecule has 0 aromatic heterocycles. The minimum atomic E-state index is -1.76. The van der Waals surface area contributed by atoms with E-state index in [9.17, 15) is 0 Å². The fraction of sp³-hybridized carbons (Fsp3) is 0.300. The normalized spacial score (nSPS) is 12.0. The van der Waals surface area contributed by atoms with Crippen LogP contribution in [0, 0.1) is 0 Å². The summed E-state index contributed by atoms with van der Waals surface area (Å²) in [5, 5.41) is 2.93. The second kappa shape index (κ2) is 15.5. The molecule has 4 rings (SSSR count). The van der Waals surface area contributed by atoms with Crippen molar-refractivity contribution in [2.75, 3.05) is 0 Å².